The second-order valence-electron chi connectivity index (χ2n) is 5.03. The number of nitrogens with zero attached hydrogens (tertiary/aromatic N) is 2. The number of nitrogens with one attached hydrogen (secondary N) is 1. The minimum atomic E-state index is 0.0381. The summed E-state index contributed by atoms with van der Waals surface area (Å²) < 4.78 is 10.6. The molecule has 0 aliphatic carbocycles. The summed E-state index contributed by atoms with van der Waals surface area (Å²) in [6.45, 7) is 4.24. The van der Waals surface area contributed by atoms with E-state index in [9.17, 15) is 10.2 Å². The molecule has 3 N–H and O–H groups in total. The first-order chi connectivity index (χ1) is 11.2. The van der Waals surface area contributed by atoms with Crippen LogP contribution in [0.4, 0.5) is 17.1 Å². The molecular weight excluding hydrogens is 298 g/mol. The normalized spacial score (nSPS) is 10.7. The lowest BCUT2D eigenvalue weighted by atomic mass is 10.2. The van der Waals surface area contributed by atoms with Crippen LogP contribution in [0.15, 0.2) is 18.2 Å². The van der Waals surface area contributed by atoms with Gasteiger partial charge in [-0.15, -0.1) is 0 Å². The van der Waals surface area contributed by atoms with Crippen LogP contribution in [0.25, 0.3) is 0 Å². The maximum absolute atomic E-state index is 9.19. The van der Waals surface area contributed by atoms with E-state index in [1.807, 2.05) is 49.0 Å². The number of hydrogen-bond acceptors (Lipinski definition) is 7. The molecule has 0 unspecified atom stereocenters. The second kappa shape index (κ2) is 11.1. The average molecular weight is 327 g/mol. The summed E-state index contributed by atoms with van der Waals surface area (Å²) in [6.07, 6.45) is 0. The van der Waals surface area contributed by atoms with E-state index in [4.69, 9.17) is 9.47 Å². The maximum Gasteiger partial charge on any atom is 0.149 e. The fourth-order valence-electron chi connectivity index (χ4n) is 2.24. The summed E-state index contributed by atoms with van der Waals surface area (Å²) in [4.78, 5) is 3.92. The van der Waals surface area contributed by atoms with Crippen molar-refractivity contribution < 1.29 is 19.7 Å². The minimum absolute atomic E-state index is 0.0381. The summed E-state index contributed by atoms with van der Waals surface area (Å²) in [5, 5.41) is 21.5. The molecule has 7 heteroatoms. The van der Waals surface area contributed by atoms with Gasteiger partial charge in [0.1, 0.15) is 13.5 Å². The molecule has 0 atom stereocenters. The summed E-state index contributed by atoms with van der Waals surface area (Å²) in [6, 6.07) is 5.96. The Hall–Kier alpha value is -1.54. The fourth-order valence-corrected chi connectivity index (χ4v) is 2.24. The van der Waals surface area contributed by atoms with Gasteiger partial charge in [-0.05, 0) is 25.1 Å². The van der Waals surface area contributed by atoms with E-state index in [2.05, 4.69) is 5.32 Å². The van der Waals surface area contributed by atoms with E-state index in [1.165, 1.54) is 0 Å². The van der Waals surface area contributed by atoms with Crippen molar-refractivity contribution in [3.05, 3.63) is 18.2 Å². The second-order valence-corrected chi connectivity index (χ2v) is 5.03. The van der Waals surface area contributed by atoms with Gasteiger partial charge in [0.2, 0.25) is 0 Å². The Morgan fingerprint density at radius 2 is 1.83 bits per heavy atom. The van der Waals surface area contributed by atoms with Crippen molar-refractivity contribution in [3.63, 3.8) is 0 Å². The van der Waals surface area contributed by atoms with E-state index in [0.29, 0.717) is 26.4 Å². The molecule has 1 aromatic rings. The molecule has 132 valence electrons. The Kier molecular flexibility index (Phi) is 9.39. The van der Waals surface area contributed by atoms with Gasteiger partial charge in [-0.25, -0.2) is 0 Å². The number of aliphatic hydroxyl groups excluding tert-OH is 2. The number of aliphatic hydroxyl groups is 2. The number of rotatable bonds is 12. The Morgan fingerprint density at radius 1 is 1.13 bits per heavy atom. The van der Waals surface area contributed by atoms with E-state index in [0.717, 1.165) is 17.1 Å². The van der Waals surface area contributed by atoms with Crippen LogP contribution < -0.4 is 15.1 Å². The van der Waals surface area contributed by atoms with Gasteiger partial charge in [0.25, 0.3) is 0 Å². The van der Waals surface area contributed by atoms with E-state index in [1.54, 1.807) is 0 Å². The summed E-state index contributed by atoms with van der Waals surface area (Å²) in [7, 11) is 3.81. The van der Waals surface area contributed by atoms with Crippen LogP contribution in [0.5, 0.6) is 0 Å². The van der Waals surface area contributed by atoms with Gasteiger partial charge in [-0.3, -0.25) is 0 Å². The number of hydrogen-bond donors (Lipinski definition) is 3. The molecule has 0 spiro atoms. The zero-order valence-electron chi connectivity index (χ0n) is 14.3. The zero-order chi connectivity index (χ0) is 17.1. The summed E-state index contributed by atoms with van der Waals surface area (Å²) >= 11 is 0. The highest BCUT2D eigenvalue weighted by atomic mass is 16.7. The summed E-state index contributed by atoms with van der Waals surface area (Å²) in [5.74, 6) is 0. The smallest absolute Gasteiger partial charge is 0.149 e. The van der Waals surface area contributed by atoms with Crippen molar-refractivity contribution in [1.29, 1.82) is 0 Å². The first kappa shape index (κ1) is 19.5. The molecular formula is C16H29N3O4. The molecule has 7 nitrogen and oxygen atoms in total. The molecule has 0 saturated heterocycles. The third-order valence-corrected chi connectivity index (χ3v) is 3.42. The third-order valence-electron chi connectivity index (χ3n) is 3.42. The molecule has 0 radical (unpaired) electrons. The highest BCUT2D eigenvalue weighted by Gasteiger charge is 2.12. The van der Waals surface area contributed by atoms with E-state index < -0.39 is 0 Å². The monoisotopic (exact) mass is 327 g/mol. The van der Waals surface area contributed by atoms with Crippen LogP contribution in [0, 0.1) is 0 Å². The average Bonchev–Trinajstić information content (AvgIpc) is 2.57. The molecule has 0 fully saturated rings. The van der Waals surface area contributed by atoms with Crippen LogP contribution in [-0.2, 0) is 9.47 Å². The predicted molar refractivity (Wildman–Crippen MR) is 93.2 cm³/mol. The van der Waals surface area contributed by atoms with Crippen molar-refractivity contribution in [2.24, 2.45) is 0 Å². The lowest BCUT2D eigenvalue weighted by Crippen LogP contribution is -2.30. The number of benzene rings is 1. The number of anilines is 3. The quantitative estimate of drug-likeness (QED) is 0.389. The van der Waals surface area contributed by atoms with Gasteiger partial charge in [0.15, 0.2) is 0 Å². The van der Waals surface area contributed by atoms with Gasteiger partial charge in [0.05, 0.1) is 24.6 Å². The molecule has 1 aromatic carbocycles. The molecule has 0 heterocycles. The predicted octanol–water partition coefficient (Wildman–Crippen LogP) is 0.924. The van der Waals surface area contributed by atoms with Crippen molar-refractivity contribution in [2.75, 3.05) is 75.6 Å². The third kappa shape index (κ3) is 6.23. The first-order valence-corrected chi connectivity index (χ1v) is 7.83. The van der Waals surface area contributed by atoms with Crippen LogP contribution in [-0.4, -0.2) is 70.7 Å². The Balaban J connectivity index is 2.88. The molecule has 0 amide bonds. The molecule has 1 rings (SSSR count). The maximum atomic E-state index is 9.19. The molecule has 0 bridgehead atoms. The van der Waals surface area contributed by atoms with Crippen LogP contribution >= 0.6 is 0 Å². The first-order valence-electron chi connectivity index (χ1n) is 7.83. The number of ether oxygens (including phenoxy) is 2. The van der Waals surface area contributed by atoms with Crippen LogP contribution in [0.2, 0.25) is 0 Å². The zero-order valence-corrected chi connectivity index (χ0v) is 14.3. The fraction of sp³-hybridized carbons (Fsp3) is 0.625. The molecule has 23 heavy (non-hydrogen) atoms. The standard InChI is InChI=1S/C16H29N3O4/c1-4-22-13-23-12-18(3)16-11-14(5-6-15(16)17-2)19(7-9-20)8-10-21/h5-6,11,17,20-21H,4,7-10,12-13H2,1-3H3. The lowest BCUT2D eigenvalue weighted by Gasteiger charge is -2.27. The van der Waals surface area contributed by atoms with E-state index >= 15 is 0 Å². The van der Waals surface area contributed by atoms with Gasteiger partial charge in [0, 0.05) is 39.5 Å². The van der Waals surface area contributed by atoms with Gasteiger partial charge in [-0.2, -0.15) is 0 Å². The van der Waals surface area contributed by atoms with Crippen molar-refractivity contribution >= 4 is 17.1 Å². The minimum Gasteiger partial charge on any atom is -0.395 e. The molecule has 0 aliphatic heterocycles. The van der Waals surface area contributed by atoms with Crippen molar-refractivity contribution in [3.8, 4) is 0 Å². The van der Waals surface area contributed by atoms with Gasteiger partial charge in [-0.1, -0.05) is 0 Å². The topological polar surface area (TPSA) is 77.4 Å². The highest BCUT2D eigenvalue weighted by Crippen LogP contribution is 2.30. The van der Waals surface area contributed by atoms with Crippen LogP contribution in [0.3, 0.4) is 0 Å². The SMILES string of the molecule is CCOCOCN(C)c1cc(N(CCO)CCO)ccc1NC. The Bertz CT molecular complexity index is 439. The van der Waals surface area contributed by atoms with E-state index in [-0.39, 0.29) is 20.0 Å². The Labute approximate surface area is 138 Å². The largest absolute Gasteiger partial charge is 0.395 e. The lowest BCUT2D eigenvalue weighted by molar-refractivity contribution is -0.0478. The highest BCUT2D eigenvalue weighted by molar-refractivity contribution is 5.75. The van der Waals surface area contributed by atoms with Crippen molar-refractivity contribution in [2.45, 2.75) is 6.92 Å². The van der Waals surface area contributed by atoms with Gasteiger partial charge >= 0.3 is 0 Å². The molecule has 0 aliphatic rings. The van der Waals surface area contributed by atoms with Crippen LogP contribution in [0.1, 0.15) is 6.92 Å². The molecule has 0 aromatic heterocycles. The Morgan fingerprint density at radius 3 is 2.39 bits per heavy atom. The van der Waals surface area contributed by atoms with Gasteiger partial charge < -0.3 is 34.8 Å². The summed E-state index contributed by atoms with van der Waals surface area (Å²) in [5.41, 5.74) is 2.89. The molecule has 0 saturated carbocycles. The van der Waals surface area contributed by atoms with Crippen molar-refractivity contribution in [1.82, 2.24) is 0 Å².